The highest BCUT2D eigenvalue weighted by atomic mass is 16.3. The van der Waals surface area contributed by atoms with Crippen molar-refractivity contribution >= 4 is 21.9 Å². The third kappa shape index (κ3) is 1.17. The van der Waals surface area contributed by atoms with E-state index in [1.165, 1.54) is 0 Å². The number of rotatable bonds is 2. The summed E-state index contributed by atoms with van der Waals surface area (Å²) < 4.78 is 7.36. The summed E-state index contributed by atoms with van der Waals surface area (Å²) in [7, 11) is 0. The third-order valence-corrected chi connectivity index (χ3v) is 2.95. The zero-order valence-electron chi connectivity index (χ0n) is 9.05. The molecule has 1 aromatic carbocycles. The molecular formula is C12H13N3O. The molecule has 4 heteroatoms. The Kier molecular flexibility index (Phi) is 1.97. The van der Waals surface area contributed by atoms with Gasteiger partial charge in [0, 0.05) is 17.3 Å². The Balaban J connectivity index is 2.41. The van der Waals surface area contributed by atoms with E-state index in [9.17, 15) is 0 Å². The Bertz CT molecular complexity index is 638. The van der Waals surface area contributed by atoms with Gasteiger partial charge in [0.1, 0.15) is 5.58 Å². The first-order valence-electron chi connectivity index (χ1n) is 5.35. The molecule has 16 heavy (non-hydrogen) atoms. The first-order chi connectivity index (χ1) is 7.81. The molecule has 0 aliphatic rings. The van der Waals surface area contributed by atoms with Gasteiger partial charge in [-0.05, 0) is 25.1 Å². The summed E-state index contributed by atoms with van der Waals surface area (Å²) in [5.74, 6) is 0. The summed E-state index contributed by atoms with van der Waals surface area (Å²) >= 11 is 0. The van der Waals surface area contributed by atoms with Crippen molar-refractivity contribution in [1.29, 1.82) is 0 Å². The van der Waals surface area contributed by atoms with Crippen molar-refractivity contribution < 1.29 is 4.42 Å². The highest BCUT2D eigenvalue weighted by Crippen LogP contribution is 2.27. The normalized spacial score (nSPS) is 13.6. The number of benzene rings is 1. The summed E-state index contributed by atoms with van der Waals surface area (Å²) in [6.07, 6.45) is 3.57. The predicted octanol–water partition coefficient (Wildman–Crippen LogP) is 2.30. The monoisotopic (exact) mass is 215 g/mol. The van der Waals surface area contributed by atoms with Crippen LogP contribution >= 0.6 is 0 Å². The van der Waals surface area contributed by atoms with Gasteiger partial charge in [-0.3, -0.25) is 4.68 Å². The standard InChI is InChI=1S/C12H13N3O/c1-8(6-13)15-12-9(7-14-15)2-3-11-10(12)4-5-16-11/h2-5,7-8H,6,13H2,1H3. The van der Waals surface area contributed by atoms with E-state index in [4.69, 9.17) is 10.2 Å². The molecule has 0 aliphatic carbocycles. The van der Waals surface area contributed by atoms with E-state index >= 15 is 0 Å². The summed E-state index contributed by atoms with van der Waals surface area (Å²) in [6, 6.07) is 6.15. The molecule has 0 amide bonds. The maximum absolute atomic E-state index is 5.69. The molecule has 82 valence electrons. The summed E-state index contributed by atoms with van der Waals surface area (Å²) in [6.45, 7) is 2.64. The van der Waals surface area contributed by atoms with E-state index in [0.717, 1.165) is 21.9 Å². The van der Waals surface area contributed by atoms with Crippen LogP contribution in [-0.2, 0) is 0 Å². The van der Waals surface area contributed by atoms with Crippen LogP contribution in [0.2, 0.25) is 0 Å². The van der Waals surface area contributed by atoms with E-state index in [1.54, 1.807) is 6.26 Å². The molecule has 0 fully saturated rings. The molecule has 2 N–H and O–H groups in total. The van der Waals surface area contributed by atoms with Gasteiger partial charge in [-0.25, -0.2) is 0 Å². The van der Waals surface area contributed by atoms with Gasteiger partial charge in [-0.2, -0.15) is 5.10 Å². The Morgan fingerprint density at radius 1 is 1.44 bits per heavy atom. The number of fused-ring (bicyclic) bond motifs is 3. The molecule has 4 nitrogen and oxygen atoms in total. The number of hydrogen-bond acceptors (Lipinski definition) is 3. The fraction of sp³-hybridized carbons (Fsp3) is 0.250. The van der Waals surface area contributed by atoms with Crippen LogP contribution in [0.5, 0.6) is 0 Å². The minimum Gasteiger partial charge on any atom is -0.464 e. The number of aromatic nitrogens is 2. The van der Waals surface area contributed by atoms with Crippen LogP contribution in [0.4, 0.5) is 0 Å². The summed E-state index contributed by atoms with van der Waals surface area (Å²) in [5, 5.41) is 6.60. The van der Waals surface area contributed by atoms with Crippen molar-refractivity contribution in [2.24, 2.45) is 5.73 Å². The molecule has 0 spiro atoms. The van der Waals surface area contributed by atoms with Crippen LogP contribution in [0.15, 0.2) is 35.1 Å². The highest BCUT2D eigenvalue weighted by molar-refractivity contribution is 6.03. The second-order valence-electron chi connectivity index (χ2n) is 4.01. The van der Waals surface area contributed by atoms with Crippen molar-refractivity contribution in [3.8, 4) is 0 Å². The molecule has 0 aliphatic heterocycles. The van der Waals surface area contributed by atoms with Crippen LogP contribution < -0.4 is 5.73 Å². The van der Waals surface area contributed by atoms with E-state index in [1.807, 2.05) is 29.1 Å². The second-order valence-corrected chi connectivity index (χ2v) is 4.01. The van der Waals surface area contributed by atoms with Gasteiger partial charge < -0.3 is 10.2 Å². The fourth-order valence-corrected chi connectivity index (χ4v) is 2.02. The zero-order chi connectivity index (χ0) is 11.1. The maximum atomic E-state index is 5.69. The summed E-state index contributed by atoms with van der Waals surface area (Å²) in [4.78, 5) is 0. The molecule has 0 saturated carbocycles. The van der Waals surface area contributed by atoms with Gasteiger partial charge in [-0.1, -0.05) is 0 Å². The van der Waals surface area contributed by atoms with E-state index in [0.29, 0.717) is 6.54 Å². The molecule has 1 atom stereocenters. The van der Waals surface area contributed by atoms with Crippen molar-refractivity contribution in [3.63, 3.8) is 0 Å². The van der Waals surface area contributed by atoms with Crippen molar-refractivity contribution in [2.45, 2.75) is 13.0 Å². The lowest BCUT2D eigenvalue weighted by molar-refractivity contribution is 0.518. The summed E-state index contributed by atoms with van der Waals surface area (Å²) in [5.41, 5.74) is 7.68. The van der Waals surface area contributed by atoms with Crippen molar-refractivity contribution in [3.05, 3.63) is 30.7 Å². The molecule has 2 aromatic heterocycles. The van der Waals surface area contributed by atoms with Gasteiger partial charge in [-0.15, -0.1) is 0 Å². The second kappa shape index (κ2) is 3.35. The third-order valence-electron chi connectivity index (χ3n) is 2.95. The number of hydrogen-bond donors (Lipinski definition) is 1. The number of furan rings is 1. The first kappa shape index (κ1) is 9.42. The van der Waals surface area contributed by atoms with Crippen molar-refractivity contribution in [1.82, 2.24) is 9.78 Å². The highest BCUT2D eigenvalue weighted by Gasteiger charge is 2.12. The lowest BCUT2D eigenvalue weighted by Gasteiger charge is -2.10. The molecule has 3 rings (SSSR count). The van der Waals surface area contributed by atoms with Crippen LogP contribution in [-0.4, -0.2) is 16.3 Å². The Morgan fingerprint density at radius 3 is 3.12 bits per heavy atom. The average molecular weight is 215 g/mol. The molecular weight excluding hydrogens is 202 g/mol. The minimum atomic E-state index is 0.193. The van der Waals surface area contributed by atoms with Crippen molar-refractivity contribution in [2.75, 3.05) is 6.54 Å². The predicted molar refractivity (Wildman–Crippen MR) is 63.3 cm³/mol. The smallest absolute Gasteiger partial charge is 0.136 e. The van der Waals surface area contributed by atoms with Gasteiger partial charge >= 0.3 is 0 Å². The SMILES string of the molecule is CC(CN)n1ncc2ccc3occc3c21. The lowest BCUT2D eigenvalue weighted by atomic mass is 10.2. The molecule has 3 aromatic rings. The van der Waals surface area contributed by atoms with Crippen LogP contribution in [0.1, 0.15) is 13.0 Å². The van der Waals surface area contributed by atoms with Gasteiger partial charge in [0.15, 0.2) is 0 Å². The van der Waals surface area contributed by atoms with Gasteiger partial charge in [0.05, 0.1) is 24.0 Å². The van der Waals surface area contributed by atoms with E-state index in [2.05, 4.69) is 12.0 Å². The molecule has 1 unspecified atom stereocenters. The van der Waals surface area contributed by atoms with Crippen LogP contribution in [0, 0.1) is 0 Å². The zero-order valence-corrected chi connectivity index (χ0v) is 9.05. The topological polar surface area (TPSA) is 57.0 Å². The quantitative estimate of drug-likeness (QED) is 0.713. The maximum Gasteiger partial charge on any atom is 0.136 e. The first-order valence-corrected chi connectivity index (χ1v) is 5.35. The van der Waals surface area contributed by atoms with Crippen LogP contribution in [0.3, 0.4) is 0 Å². The number of nitrogens with two attached hydrogens (primary N) is 1. The van der Waals surface area contributed by atoms with E-state index < -0.39 is 0 Å². The van der Waals surface area contributed by atoms with Gasteiger partial charge in [0.25, 0.3) is 0 Å². The Labute approximate surface area is 92.6 Å². The molecule has 0 saturated heterocycles. The van der Waals surface area contributed by atoms with Gasteiger partial charge in [0.2, 0.25) is 0 Å². The molecule has 0 bridgehead atoms. The fourth-order valence-electron chi connectivity index (χ4n) is 2.02. The number of nitrogens with zero attached hydrogens (tertiary/aromatic N) is 2. The van der Waals surface area contributed by atoms with E-state index in [-0.39, 0.29) is 6.04 Å². The lowest BCUT2D eigenvalue weighted by Crippen LogP contribution is -2.16. The largest absolute Gasteiger partial charge is 0.464 e. The molecule has 0 radical (unpaired) electrons. The van der Waals surface area contributed by atoms with Crippen LogP contribution in [0.25, 0.3) is 21.9 Å². The Hall–Kier alpha value is -1.81. The average Bonchev–Trinajstić information content (AvgIpc) is 2.92. The molecule has 2 heterocycles. The Morgan fingerprint density at radius 2 is 2.31 bits per heavy atom. The minimum absolute atomic E-state index is 0.193.